The molecule has 0 bridgehead atoms. The molecule has 1 amide bonds. The van der Waals surface area contributed by atoms with Crippen molar-refractivity contribution in [3.8, 4) is 0 Å². The molecule has 1 aromatic heterocycles. The molecule has 1 saturated heterocycles. The molecule has 1 atom stereocenters. The van der Waals surface area contributed by atoms with Crippen molar-refractivity contribution in [2.75, 3.05) is 4.90 Å². The van der Waals surface area contributed by atoms with Crippen LogP contribution in [0.4, 0.5) is 5.13 Å². The first-order chi connectivity index (χ1) is 13.0. The van der Waals surface area contributed by atoms with E-state index in [-0.39, 0.29) is 11.1 Å². The number of thioether (sulfide) groups is 1. The van der Waals surface area contributed by atoms with Crippen molar-refractivity contribution in [3.05, 3.63) is 80.8 Å². The lowest BCUT2D eigenvalue weighted by molar-refractivity contribution is -0.117. The molecule has 3 aromatic rings. The fourth-order valence-electron chi connectivity index (χ4n) is 2.78. The van der Waals surface area contributed by atoms with Crippen LogP contribution in [0.2, 0.25) is 10.0 Å². The molecule has 1 aliphatic heterocycles. The van der Waals surface area contributed by atoms with Crippen LogP contribution in [0.5, 0.6) is 0 Å². The molecule has 0 radical (unpaired) electrons. The Morgan fingerprint density at radius 3 is 2.63 bits per heavy atom. The van der Waals surface area contributed by atoms with Crippen LogP contribution in [0.25, 0.3) is 0 Å². The monoisotopic (exact) mass is 433 g/mol. The number of carbonyl (C=O) groups is 1. The summed E-state index contributed by atoms with van der Waals surface area (Å²) < 4.78 is 0. The highest BCUT2D eigenvalue weighted by molar-refractivity contribution is 8.15. The van der Waals surface area contributed by atoms with Gasteiger partial charge in [-0.05, 0) is 23.3 Å². The van der Waals surface area contributed by atoms with Crippen molar-refractivity contribution >= 4 is 62.5 Å². The predicted octanol–water partition coefficient (Wildman–Crippen LogP) is 5.80. The minimum absolute atomic E-state index is 0.133. The zero-order chi connectivity index (χ0) is 19.0. The Morgan fingerprint density at radius 2 is 1.89 bits per heavy atom. The summed E-state index contributed by atoms with van der Waals surface area (Å²) >= 11 is 14.7. The lowest BCUT2D eigenvalue weighted by Crippen LogP contribution is -2.29. The molecule has 1 N–H and O–H groups in total. The SMILES string of the molecule is N=C1SC(c2ccccc2)C(=O)N1c1ncc(Cc2ccc(Cl)c(Cl)c2)s1. The van der Waals surface area contributed by atoms with Gasteiger partial charge in [0.15, 0.2) is 10.3 Å². The third-order valence-corrected chi connectivity index (χ3v) is 6.91. The van der Waals surface area contributed by atoms with E-state index in [4.69, 9.17) is 28.6 Å². The van der Waals surface area contributed by atoms with Crippen molar-refractivity contribution < 1.29 is 4.79 Å². The van der Waals surface area contributed by atoms with E-state index in [2.05, 4.69) is 4.98 Å². The van der Waals surface area contributed by atoms with E-state index in [1.54, 1.807) is 12.3 Å². The second-order valence-electron chi connectivity index (χ2n) is 5.92. The number of thiazole rings is 1. The Labute approximate surface area is 174 Å². The number of aromatic nitrogens is 1. The van der Waals surface area contributed by atoms with Crippen LogP contribution in [-0.4, -0.2) is 16.1 Å². The summed E-state index contributed by atoms with van der Waals surface area (Å²) in [6.07, 6.45) is 2.38. The van der Waals surface area contributed by atoms with Crippen LogP contribution in [0.15, 0.2) is 54.7 Å². The summed E-state index contributed by atoms with van der Waals surface area (Å²) in [4.78, 5) is 19.6. The first kappa shape index (κ1) is 18.5. The van der Waals surface area contributed by atoms with Gasteiger partial charge in [0.05, 0.1) is 10.0 Å². The fourth-order valence-corrected chi connectivity index (χ4v) is 5.12. The number of hydrogen-bond acceptors (Lipinski definition) is 5. The molecular formula is C19H13Cl2N3OS2. The number of anilines is 1. The van der Waals surface area contributed by atoms with Gasteiger partial charge in [0.2, 0.25) is 0 Å². The highest BCUT2D eigenvalue weighted by Gasteiger charge is 2.40. The number of amides is 1. The number of amidine groups is 1. The first-order valence-electron chi connectivity index (χ1n) is 8.05. The quantitative estimate of drug-likeness (QED) is 0.565. The van der Waals surface area contributed by atoms with E-state index in [0.29, 0.717) is 21.6 Å². The summed E-state index contributed by atoms with van der Waals surface area (Å²) in [6.45, 7) is 0. The number of nitrogens with zero attached hydrogens (tertiary/aromatic N) is 2. The average Bonchev–Trinajstić information content (AvgIpc) is 3.22. The Kier molecular flexibility index (Phi) is 5.23. The van der Waals surface area contributed by atoms with Crippen molar-refractivity contribution in [2.24, 2.45) is 0 Å². The van der Waals surface area contributed by atoms with Gasteiger partial charge in [0, 0.05) is 17.5 Å². The lowest BCUT2D eigenvalue weighted by atomic mass is 10.1. The average molecular weight is 434 g/mol. The van der Waals surface area contributed by atoms with E-state index >= 15 is 0 Å². The minimum Gasteiger partial charge on any atom is -0.278 e. The van der Waals surface area contributed by atoms with Gasteiger partial charge < -0.3 is 0 Å². The molecule has 2 aromatic carbocycles. The molecule has 136 valence electrons. The number of carbonyl (C=O) groups excluding carboxylic acids is 1. The Balaban J connectivity index is 1.55. The summed E-state index contributed by atoms with van der Waals surface area (Å²) in [6, 6.07) is 15.0. The van der Waals surface area contributed by atoms with Gasteiger partial charge in [-0.3, -0.25) is 10.2 Å². The van der Waals surface area contributed by atoms with E-state index in [1.165, 1.54) is 28.0 Å². The second-order valence-corrected chi connectivity index (χ2v) is 8.92. The van der Waals surface area contributed by atoms with Gasteiger partial charge in [-0.15, -0.1) is 11.3 Å². The van der Waals surface area contributed by atoms with E-state index in [0.717, 1.165) is 16.0 Å². The van der Waals surface area contributed by atoms with Crippen LogP contribution >= 0.6 is 46.3 Å². The van der Waals surface area contributed by atoms with Gasteiger partial charge in [0.25, 0.3) is 5.91 Å². The fraction of sp³-hybridized carbons (Fsp3) is 0.105. The molecular weight excluding hydrogens is 421 g/mol. The van der Waals surface area contributed by atoms with E-state index in [1.807, 2.05) is 42.5 Å². The van der Waals surface area contributed by atoms with Gasteiger partial charge in [-0.25, -0.2) is 9.88 Å². The number of hydrogen-bond donors (Lipinski definition) is 1. The summed E-state index contributed by atoms with van der Waals surface area (Å²) in [7, 11) is 0. The summed E-state index contributed by atoms with van der Waals surface area (Å²) in [5, 5.41) is 9.58. The minimum atomic E-state index is -0.402. The zero-order valence-electron chi connectivity index (χ0n) is 13.9. The van der Waals surface area contributed by atoms with Crippen molar-refractivity contribution in [1.29, 1.82) is 5.41 Å². The highest BCUT2D eigenvalue weighted by atomic mass is 35.5. The lowest BCUT2D eigenvalue weighted by Gasteiger charge is -2.11. The molecule has 8 heteroatoms. The molecule has 2 heterocycles. The highest BCUT2D eigenvalue weighted by Crippen LogP contribution is 2.42. The van der Waals surface area contributed by atoms with Crippen molar-refractivity contribution in [2.45, 2.75) is 11.7 Å². The predicted molar refractivity (Wildman–Crippen MR) is 113 cm³/mol. The van der Waals surface area contributed by atoms with E-state index in [9.17, 15) is 4.79 Å². The number of benzene rings is 2. The second kappa shape index (κ2) is 7.64. The first-order valence-corrected chi connectivity index (χ1v) is 10.5. The van der Waals surface area contributed by atoms with Crippen molar-refractivity contribution in [1.82, 2.24) is 4.98 Å². The van der Waals surface area contributed by atoms with Crippen LogP contribution in [0.1, 0.15) is 21.3 Å². The molecule has 27 heavy (non-hydrogen) atoms. The van der Waals surface area contributed by atoms with Crippen LogP contribution in [0.3, 0.4) is 0 Å². The smallest absolute Gasteiger partial charge is 0.253 e. The third kappa shape index (κ3) is 3.75. The number of halogens is 2. The maximum atomic E-state index is 12.9. The number of rotatable bonds is 4. The molecule has 1 unspecified atom stereocenters. The van der Waals surface area contributed by atoms with Crippen LogP contribution < -0.4 is 4.90 Å². The maximum Gasteiger partial charge on any atom is 0.253 e. The molecule has 1 aliphatic rings. The Morgan fingerprint density at radius 1 is 1.11 bits per heavy atom. The summed E-state index contributed by atoms with van der Waals surface area (Å²) in [5.74, 6) is -0.133. The normalized spacial score (nSPS) is 17.0. The molecule has 4 rings (SSSR count). The maximum absolute atomic E-state index is 12.9. The largest absolute Gasteiger partial charge is 0.278 e. The van der Waals surface area contributed by atoms with Gasteiger partial charge >= 0.3 is 0 Å². The van der Waals surface area contributed by atoms with Gasteiger partial charge in [-0.2, -0.15) is 0 Å². The Hall–Kier alpha value is -1.86. The van der Waals surface area contributed by atoms with Gasteiger partial charge in [0.1, 0.15) is 5.25 Å². The van der Waals surface area contributed by atoms with Crippen molar-refractivity contribution in [3.63, 3.8) is 0 Å². The molecule has 0 saturated carbocycles. The standard InChI is InChI=1S/C19H13Cl2N3OS2/c20-14-7-6-11(9-15(14)21)8-13-10-23-19(26-13)24-17(25)16(27-18(24)22)12-4-2-1-3-5-12/h1-7,9-10,16,22H,8H2. The molecule has 0 aliphatic carbocycles. The van der Waals surface area contributed by atoms with Gasteiger partial charge in [-0.1, -0.05) is 71.4 Å². The topological polar surface area (TPSA) is 57.1 Å². The molecule has 1 fully saturated rings. The van der Waals surface area contributed by atoms with E-state index < -0.39 is 5.25 Å². The van der Waals surface area contributed by atoms with Crippen LogP contribution in [-0.2, 0) is 11.2 Å². The molecule has 4 nitrogen and oxygen atoms in total. The third-order valence-electron chi connectivity index (χ3n) is 4.07. The zero-order valence-corrected chi connectivity index (χ0v) is 17.0. The van der Waals surface area contributed by atoms with Crippen LogP contribution in [0, 0.1) is 5.41 Å². The molecule has 0 spiro atoms. The Bertz CT molecular complexity index is 1020. The number of nitrogens with one attached hydrogen (secondary N) is 1. The summed E-state index contributed by atoms with van der Waals surface area (Å²) in [5.41, 5.74) is 1.91.